The van der Waals surface area contributed by atoms with Gasteiger partial charge in [0.25, 0.3) is 5.56 Å². The summed E-state index contributed by atoms with van der Waals surface area (Å²) in [6.07, 6.45) is 1.45. The first kappa shape index (κ1) is 30.5. The quantitative estimate of drug-likeness (QED) is 0.428. The van der Waals surface area contributed by atoms with Gasteiger partial charge in [0.15, 0.2) is 0 Å². The average molecular weight is 614 g/mol. The molecule has 3 aromatic rings. The molecule has 0 bridgehead atoms. The van der Waals surface area contributed by atoms with E-state index in [0.29, 0.717) is 36.6 Å². The van der Waals surface area contributed by atoms with Crippen molar-refractivity contribution in [2.45, 2.75) is 31.2 Å². The van der Waals surface area contributed by atoms with Crippen LogP contribution in [-0.2, 0) is 23.0 Å². The number of aryl methyl sites for hydroxylation is 1. The highest BCUT2D eigenvalue weighted by atomic mass is 35.5. The van der Waals surface area contributed by atoms with Crippen LogP contribution in [0.25, 0.3) is 0 Å². The number of hydrogen-bond acceptors (Lipinski definition) is 6. The largest absolute Gasteiger partial charge is 0.453 e. The molecule has 0 saturated carbocycles. The Hall–Kier alpha value is -3.99. The Kier molecular flexibility index (Phi) is 9.29. The van der Waals surface area contributed by atoms with Gasteiger partial charge in [0.05, 0.1) is 13.0 Å². The molecule has 3 atom stereocenters. The number of aromatic nitrogens is 2. The smallest absolute Gasteiger partial charge is 0.409 e. The van der Waals surface area contributed by atoms with Gasteiger partial charge in [-0.3, -0.25) is 9.59 Å². The fraction of sp³-hybridized carbons (Fsp3) is 0.419. The van der Waals surface area contributed by atoms with Crippen LogP contribution in [-0.4, -0.2) is 77.5 Å². The SMILES string of the molecule is COC(=O)N1CCN(C(=O)C2CN(c3ccc(=O)n(C)n3)CC2c2ccc(F)cc2F)CCCC1Cc1ccc(Cl)cc1. The normalized spacial score (nSPS) is 21.0. The molecule has 2 fully saturated rings. The monoisotopic (exact) mass is 613 g/mol. The first-order chi connectivity index (χ1) is 20.6. The summed E-state index contributed by atoms with van der Waals surface area (Å²) in [5.41, 5.74) is 1.01. The van der Waals surface area contributed by atoms with Gasteiger partial charge in [-0.2, -0.15) is 5.10 Å². The molecule has 0 spiro atoms. The fourth-order valence-corrected chi connectivity index (χ4v) is 6.26. The maximum atomic E-state index is 15.1. The zero-order valence-electron chi connectivity index (χ0n) is 24.1. The Balaban J connectivity index is 1.38. The lowest BCUT2D eigenvalue weighted by Gasteiger charge is -2.37. The molecule has 2 saturated heterocycles. The van der Waals surface area contributed by atoms with Gasteiger partial charge < -0.3 is 19.4 Å². The maximum Gasteiger partial charge on any atom is 0.409 e. The molecular formula is C31H34ClF2N5O4. The van der Waals surface area contributed by atoms with Crippen LogP contribution in [0.5, 0.6) is 0 Å². The van der Waals surface area contributed by atoms with E-state index in [0.717, 1.165) is 11.6 Å². The Morgan fingerprint density at radius 2 is 1.79 bits per heavy atom. The van der Waals surface area contributed by atoms with E-state index in [1.807, 2.05) is 29.2 Å². The van der Waals surface area contributed by atoms with Crippen molar-refractivity contribution in [3.8, 4) is 0 Å². The topological polar surface area (TPSA) is 88.0 Å². The number of anilines is 1. The number of carbonyl (C=O) groups excluding carboxylic acids is 2. The van der Waals surface area contributed by atoms with Gasteiger partial charge in [-0.1, -0.05) is 29.8 Å². The zero-order chi connectivity index (χ0) is 30.7. The highest BCUT2D eigenvalue weighted by Gasteiger charge is 2.42. The van der Waals surface area contributed by atoms with Crippen LogP contribution in [0.1, 0.15) is 29.9 Å². The number of nitrogens with zero attached hydrogens (tertiary/aromatic N) is 5. The molecule has 12 heteroatoms. The van der Waals surface area contributed by atoms with E-state index in [-0.39, 0.29) is 49.3 Å². The number of ether oxygens (including phenoxy) is 1. The van der Waals surface area contributed by atoms with E-state index >= 15 is 4.39 Å². The molecule has 2 aliphatic rings. The van der Waals surface area contributed by atoms with Crippen molar-refractivity contribution in [2.75, 3.05) is 44.7 Å². The molecular weight excluding hydrogens is 580 g/mol. The molecule has 2 aliphatic heterocycles. The van der Waals surface area contributed by atoms with E-state index < -0.39 is 29.6 Å². The van der Waals surface area contributed by atoms with Crippen molar-refractivity contribution in [3.05, 3.63) is 92.7 Å². The summed E-state index contributed by atoms with van der Waals surface area (Å²) in [6.45, 7) is 1.51. The van der Waals surface area contributed by atoms with Crippen LogP contribution in [0.15, 0.2) is 59.4 Å². The number of hydrogen-bond donors (Lipinski definition) is 0. The van der Waals surface area contributed by atoms with Gasteiger partial charge >= 0.3 is 6.09 Å². The Morgan fingerprint density at radius 3 is 2.49 bits per heavy atom. The number of halogens is 3. The van der Waals surface area contributed by atoms with Crippen molar-refractivity contribution in [1.82, 2.24) is 19.6 Å². The van der Waals surface area contributed by atoms with Crippen molar-refractivity contribution in [1.29, 1.82) is 0 Å². The number of methoxy groups -OCH3 is 1. The van der Waals surface area contributed by atoms with Crippen LogP contribution in [0.4, 0.5) is 19.4 Å². The summed E-state index contributed by atoms with van der Waals surface area (Å²) in [7, 11) is 2.88. The molecule has 3 unspecified atom stereocenters. The summed E-state index contributed by atoms with van der Waals surface area (Å²) in [5, 5.41) is 4.96. The van der Waals surface area contributed by atoms with Gasteiger partial charge in [0, 0.05) is 68.9 Å². The highest BCUT2D eigenvalue weighted by molar-refractivity contribution is 6.30. The molecule has 228 valence electrons. The second kappa shape index (κ2) is 13.1. The molecule has 1 aromatic heterocycles. The summed E-state index contributed by atoms with van der Waals surface area (Å²) >= 11 is 6.05. The van der Waals surface area contributed by atoms with Gasteiger partial charge in [-0.15, -0.1) is 0 Å². The van der Waals surface area contributed by atoms with Crippen molar-refractivity contribution < 1.29 is 23.1 Å². The minimum atomic E-state index is -0.715. The molecule has 3 heterocycles. The molecule has 0 aliphatic carbocycles. The van der Waals surface area contributed by atoms with Gasteiger partial charge in [0.2, 0.25) is 5.91 Å². The molecule has 43 heavy (non-hydrogen) atoms. The summed E-state index contributed by atoms with van der Waals surface area (Å²) < 4.78 is 35.2. The zero-order valence-corrected chi connectivity index (χ0v) is 24.8. The van der Waals surface area contributed by atoms with E-state index in [9.17, 15) is 18.8 Å². The summed E-state index contributed by atoms with van der Waals surface area (Å²) in [6, 6.07) is 13.8. The van der Waals surface area contributed by atoms with Crippen LogP contribution in [0, 0.1) is 17.6 Å². The third kappa shape index (κ3) is 6.82. The van der Waals surface area contributed by atoms with Crippen LogP contribution >= 0.6 is 11.6 Å². The predicted octanol–water partition coefficient (Wildman–Crippen LogP) is 4.23. The molecule has 0 N–H and O–H groups in total. The molecule has 2 aromatic carbocycles. The lowest BCUT2D eigenvalue weighted by Crippen LogP contribution is -2.50. The van der Waals surface area contributed by atoms with Crippen LogP contribution in [0.3, 0.4) is 0 Å². The van der Waals surface area contributed by atoms with Gasteiger partial charge in [-0.05, 0) is 54.7 Å². The molecule has 0 radical (unpaired) electrons. The van der Waals surface area contributed by atoms with Crippen LogP contribution in [0.2, 0.25) is 5.02 Å². The third-order valence-electron chi connectivity index (χ3n) is 8.39. The third-order valence-corrected chi connectivity index (χ3v) is 8.64. The minimum absolute atomic E-state index is 0.121. The maximum absolute atomic E-state index is 15.1. The lowest BCUT2D eigenvalue weighted by atomic mass is 9.87. The van der Waals surface area contributed by atoms with Gasteiger partial charge in [-0.25, -0.2) is 18.3 Å². The fourth-order valence-electron chi connectivity index (χ4n) is 6.13. The number of benzene rings is 2. The van der Waals surface area contributed by atoms with Gasteiger partial charge in [0.1, 0.15) is 17.5 Å². The van der Waals surface area contributed by atoms with Crippen molar-refractivity contribution in [2.24, 2.45) is 13.0 Å². The number of rotatable bonds is 5. The number of carbonyl (C=O) groups is 2. The Bertz CT molecular complexity index is 1540. The summed E-state index contributed by atoms with van der Waals surface area (Å²) in [4.78, 5) is 44.2. The second-order valence-electron chi connectivity index (χ2n) is 11.1. The first-order valence-electron chi connectivity index (χ1n) is 14.3. The molecule has 2 amide bonds. The average Bonchev–Trinajstić information content (AvgIpc) is 3.41. The van der Waals surface area contributed by atoms with E-state index in [4.69, 9.17) is 16.3 Å². The predicted molar refractivity (Wildman–Crippen MR) is 158 cm³/mol. The van der Waals surface area contributed by atoms with E-state index in [1.54, 1.807) is 15.9 Å². The molecule has 9 nitrogen and oxygen atoms in total. The van der Waals surface area contributed by atoms with E-state index in [2.05, 4.69) is 5.10 Å². The molecule has 5 rings (SSSR count). The van der Waals surface area contributed by atoms with E-state index in [1.165, 1.54) is 37.0 Å². The Morgan fingerprint density at radius 1 is 1.02 bits per heavy atom. The van der Waals surface area contributed by atoms with Crippen molar-refractivity contribution >= 4 is 29.4 Å². The first-order valence-corrected chi connectivity index (χ1v) is 14.6. The summed E-state index contributed by atoms with van der Waals surface area (Å²) in [5.74, 6) is -2.34. The highest BCUT2D eigenvalue weighted by Crippen LogP contribution is 2.37. The van der Waals surface area contributed by atoms with Crippen LogP contribution < -0.4 is 10.5 Å². The number of amides is 2. The Labute approximate surface area is 253 Å². The lowest BCUT2D eigenvalue weighted by molar-refractivity contribution is -0.136. The van der Waals surface area contributed by atoms with Crippen molar-refractivity contribution in [3.63, 3.8) is 0 Å². The standard InChI is InChI=1S/C31H34ClF2N5O4/c1-36-29(40)12-11-28(35-36)38-18-25(24-10-9-22(33)17-27(24)34)26(19-38)30(41)37-13-3-4-23(39(15-14-37)31(42)43-2)16-20-5-7-21(32)8-6-20/h5-12,17,23,25-26H,3-4,13-16,18-19H2,1-2H3. The second-order valence-corrected chi connectivity index (χ2v) is 11.5. The minimum Gasteiger partial charge on any atom is -0.453 e.